The summed E-state index contributed by atoms with van der Waals surface area (Å²) in [7, 11) is 0. The predicted octanol–water partition coefficient (Wildman–Crippen LogP) is 6.27. The Labute approximate surface area is 129 Å². The first kappa shape index (κ1) is 17.7. The highest BCUT2D eigenvalue weighted by Gasteiger charge is 2.23. The van der Waals surface area contributed by atoms with Gasteiger partial charge in [-0.1, -0.05) is 77.2 Å². The van der Waals surface area contributed by atoms with E-state index in [9.17, 15) is 5.11 Å². The van der Waals surface area contributed by atoms with Crippen molar-refractivity contribution in [1.82, 2.24) is 0 Å². The zero-order valence-electron chi connectivity index (χ0n) is 13.4. The molecule has 1 atom stereocenters. The molecule has 0 bridgehead atoms. The van der Waals surface area contributed by atoms with Crippen molar-refractivity contribution in [3.63, 3.8) is 0 Å². The van der Waals surface area contributed by atoms with Gasteiger partial charge >= 0.3 is 0 Å². The number of unbranched alkanes of at least 4 members (excludes halogenated alkanes) is 9. The molecule has 0 amide bonds. The zero-order valence-corrected chi connectivity index (χ0v) is 14.2. The Balaban J connectivity index is 1.94. The first-order valence-corrected chi connectivity index (χ1v) is 9.31. The number of aliphatic hydroxyl groups is 1. The van der Waals surface area contributed by atoms with E-state index in [2.05, 4.69) is 6.92 Å². The number of hydrogen-bond donors (Lipinski definition) is 1. The summed E-state index contributed by atoms with van der Waals surface area (Å²) in [6.07, 6.45) is 14.4. The Morgan fingerprint density at radius 3 is 2.00 bits per heavy atom. The van der Waals surface area contributed by atoms with Gasteiger partial charge in [0, 0.05) is 4.88 Å². The topological polar surface area (TPSA) is 20.2 Å². The van der Waals surface area contributed by atoms with Gasteiger partial charge in [0.15, 0.2) is 0 Å². The van der Waals surface area contributed by atoms with Crippen LogP contribution in [0.4, 0.5) is 0 Å². The average molecular weight is 297 g/mol. The van der Waals surface area contributed by atoms with Gasteiger partial charge in [-0.3, -0.25) is 0 Å². The fourth-order valence-electron chi connectivity index (χ4n) is 2.66. The molecule has 0 spiro atoms. The summed E-state index contributed by atoms with van der Waals surface area (Å²) in [5.74, 6) is 0. The summed E-state index contributed by atoms with van der Waals surface area (Å²) in [4.78, 5) is 1.11. The monoisotopic (exact) mass is 296 g/mol. The fourth-order valence-corrected chi connectivity index (χ4v) is 3.48. The van der Waals surface area contributed by atoms with Crippen molar-refractivity contribution in [2.75, 3.05) is 0 Å². The van der Waals surface area contributed by atoms with E-state index in [4.69, 9.17) is 0 Å². The maximum Gasteiger partial charge on any atom is 0.0959 e. The van der Waals surface area contributed by atoms with E-state index < -0.39 is 5.60 Å². The van der Waals surface area contributed by atoms with Crippen LogP contribution in [0.15, 0.2) is 17.5 Å². The molecule has 0 fully saturated rings. The van der Waals surface area contributed by atoms with Gasteiger partial charge in [-0.25, -0.2) is 0 Å². The standard InChI is InChI=1S/C18H32OS/c1-3-4-5-6-7-8-9-10-11-12-15-18(2,19)17-14-13-16-20-17/h13-14,16,19H,3-12,15H2,1-2H3. The molecule has 0 aromatic carbocycles. The van der Waals surface area contributed by atoms with Crippen molar-refractivity contribution in [3.8, 4) is 0 Å². The van der Waals surface area contributed by atoms with E-state index in [-0.39, 0.29) is 0 Å². The fraction of sp³-hybridized carbons (Fsp3) is 0.778. The number of thiophene rings is 1. The molecule has 1 unspecified atom stereocenters. The van der Waals surface area contributed by atoms with E-state index in [1.165, 1.54) is 57.8 Å². The van der Waals surface area contributed by atoms with E-state index in [1.807, 2.05) is 24.4 Å². The molecule has 0 aliphatic rings. The van der Waals surface area contributed by atoms with Crippen molar-refractivity contribution in [3.05, 3.63) is 22.4 Å². The smallest absolute Gasteiger partial charge is 0.0959 e. The predicted molar refractivity (Wildman–Crippen MR) is 90.4 cm³/mol. The summed E-state index contributed by atoms with van der Waals surface area (Å²) in [5, 5.41) is 12.5. The van der Waals surface area contributed by atoms with Crippen LogP contribution >= 0.6 is 11.3 Å². The molecule has 116 valence electrons. The van der Waals surface area contributed by atoms with Crippen LogP contribution in [0, 0.1) is 0 Å². The normalized spacial score (nSPS) is 14.3. The van der Waals surface area contributed by atoms with Crippen LogP contribution in [0.3, 0.4) is 0 Å². The molecule has 20 heavy (non-hydrogen) atoms. The molecule has 1 aromatic rings. The van der Waals surface area contributed by atoms with Crippen LogP contribution in [0.2, 0.25) is 0 Å². The molecule has 2 heteroatoms. The lowest BCUT2D eigenvalue weighted by Crippen LogP contribution is -2.19. The van der Waals surface area contributed by atoms with Gasteiger partial charge in [0.05, 0.1) is 5.60 Å². The summed E-state index contributed by atoms with van der Waals surface area (Å²) in [6, 6.07) is 4.06. The molecular weight excluding hydrogens is 264 g/mol. The second kappa shape index (κ2) is 10.4. The molecule has 0 aliphatic carbocycles. The van der Waals surface area contributed by atoms with Crippen molar-refractivity contribution in [2.45, 2.75) is 90.1 Å². The lowest BCUT2D eigenvalue weighted by Gasteiger charge is -2.21. The van der Waals surface area contributed by atoms with Gasteiger partial charge in [-0.15, -0.1) is 11.3 Å². The molecule has 1 heterocycles. The Kier molecular flexibility index (Phi) is 9.21. The lowest BCUT2D eigenvalue weighted by atomic mass is 9.96. The van der Waals surface area contributed by atoms with Gasteiger partial charge in [-0.2, -0.15) is 0 Å². The van der Waals surface area contributed by atoms with E-state index in [0.29, 0.717) is 0 Å². The van der Waals surface area contributed by atoms with E-state index in [0.717, 1.165) is 17.7 Å². The average Bonchev–Trinajstić information content (AvgIpc) is 2.96. The molecule has 0 radical (unpaired) electrons. The van der Waals surface area contributed by atoms with Gasteiger partial charge in [0.1, 0.15) is 0 Å². The SMILES string of the molecule is CCCCCCCCCCCCC(C)(O)c1cccs1. The quantitative estimate of drug-likeness (QED) is 0.451. The van der Waals surface area contributed by atoms with E-state index >= 15 is 0 Å². The van der Waals surface area contributed by atoms with Crippen molar-refractivity contribution >= 4 is 11.3 Å². The second-order valence-corrected chi connectivity index (χ2v) is 7.13. The Bertz CT molecular complexity index is 316. The Hall–Kier alpha value is -0.340. The van der Waals surface area contributed by atoms with Crippen LogP contribution in [-0.4, -0.2) is 5.11 Å². The molecule has 0 saturated heterocycles. The van der Waals surface area contributed by atoms with Crippen molar-refractivity contribution in [2.24, 2.45) is 0 Å². The highest BCUT2D eigenvalue weighted by Crippen LogP contribution is 2.30. The molecule has 1 aromatic heterocycles. The summed E-state index contributed by atoms with van der Waals surface area (Å²) in [5.41, 5.74) is -0.617. The van der Waals surface area contributed by atoms with Crippen LogP contribution in [0.5, 0.6) is 0 Å². The Morgan fingerprint density at radius 1 is 0.950 bits per heavy atom. The van der Waals surface area contributed by atoms with Crippen LogP contribution in [0.1, 0.15) is 89.4 Å². The third kappa shape index (κ3) is 7.44. The minimum absolute atomic E-state index is 0.617. The number of hydrogen-bond acceptors (Lipinski definition) is 2. The van der Waals surface area contributed by atoms with Gasteiger partial charge in [0.2, 0.25) is 0 Å². The molecular formula is C18H32OS. The summed E-state index contributed by atoms with van der Waals surface area (Å²) in [6.45, 7) is 4.22. The molecule has 1 N–H and O–H groups in total. The zero-order chi connectivity index (χ0) is 14.7. The van der Waals surface area contributed by atoms with Gasteiger partial charge < -0.3 is 5.11 Å². The van der Waals surface area contributed by atoms with Crippen LogP contribution in [0.25, 0.3) is 0 Å². The minimum Gasteiger partial charge on any atom is -0.385 e. The molecule has 0 aliphatic heterocycles. The maximum atomic E-state index is 10.4. The van der Waals surface area contributed by atoms with Crippen LogP contribution < -0.4 is 0 Å². The van der Waals surface area contributed by atoms with E-state index in [1.54, 1.807) is 11.3 Å². The first-order chi connectivity index (χ1) is 9.67. The lowest BCUT2D eigenvalue weighted by molar-refractivity contribution is 0.0486. The second-order valence-electron chi connectivity index (χ2n) is 6.18. The minimum atomic E-state index is -0.617. The maximum absolute atomic E-state index is 10.4. The summed E-state index contributed by atoms with van der Waals surface area (Å²) < 4.78 is 0. The van der Waals surface area contributed by atoms with Crippen molar-refractivity contribution in [1.29, 1.82) is 0 Å². The summed E-state index contributed by atoms with van der Waals surface area (Å²) >= 11 is 1.66. The van der Waals surface area contributed by atoms with Crippen molar-refractivity contribution < 1.29 is 5.11 Å². The first-order valence-electron chi connectivity index (χ1n) is 8.43. The largest absolute Gasteiger partial charge is 0.385 e. The Morgan fingerprint density at radius 2 is 1.50 bits per heavy atom. The third-order valence-corrected chi connectivity index (χ3v) is 5.19. The molecule has 1 rings (SSSR count). The highest BCUT2D eigenvalue weighted by atomic mass is 32.1. The highest BCUT2D eigenvalue weighted by molar-refractivity contribution is 7.10. The van der Waals surface area contributed by atoms with Gasteiger partial charge in [-0.05, 0) is 24.8 Å². The third-order valence-electron chi connectivity index (χ3n) is 4.07. The molecule has 1 nitrogen and oxygen atoms in total. The van der Waals surface area contributed by atoms with Crippen LogP contribution in [-0.2, 0) is 5.60 Å². The molecule has 0 saturated carbocycles. The number of rotatable bonds is 12. The van der Waals surface area contributed by atoms with Gasteiger partial charge in [0.25, 0.3) is 0 Å².